The van der Waals surface area contributed by atoms with Crippen LogP contribution in [0.2, 0.25) is 0 Å². The van der Waals surface area contributed by atoms with Crippen molar-refractivity contribution in [2.24, 2.45) is 41.4 Å². The van der Waals surface area contributed by atoms with Gasteiger partial charge in [-0.2, -0.15) is 0 Å². The number of hydrogen-bond acceptors (Lipinski definition) is 16. The lowest BCUT2D eigenvalue weighted by molar-refractivity contribution is -0.166. The summed E-state index contributed by atoms with van der Waals surface area (Å²) in [6.45, 7) is 18.8. The first-order valence-corrected chi connectivity index (χ1v) is 27.3. The molecule has 0 aromatic rings. The molecule has 0 fully saturated rings. The van der Waals surface area contributed by atoms with E-state index < -0.39 is 90.3 Å². The Morgan fingerprint density at radius 1 is 0.868 bits per heavy atom. The van der Waals surface area contributed by atoms with E-state index in [-0.39, 0.29) is 55.3 Å². The summed E-state index contributed by atoms with van der Waals surface area (Å²) in [4.78, 5) is 69.3. The second-order valence-corrected chi connectivity index (χ2v) is 21.9. The van der Waals surface area contributed by atoms with E-state index in [0.717, 1.165) is 18.4 Å². The zero-order valence-corrected chi connectivity index (χ0v) is 49.6. The molecule has 436 valence electrons. The molecule has 0 saturated carbocycles. The highest BCUT2D eigenvalue weighted by Crippen LogP contribution is 2.32. The summed E-state index contributed by atoms with van der Waals surface area (Å²) >= 11 is 0. The lowest BCUT2D eigenvalue weighted by Gasteiger charge is -2.35. The molecule has 17 nitrogen and oxygen atoms in total. The molecule has 0 radical (unpaired) electrons. The molecule has 1 heterocycles. The maximum absolute atomic E-state index is 13.6. The van der Waals surface area contributed by atoms with Crippen molar-refractivity contribution in [2.75, 3.05) is 63.2 Å². The lowest BCUT2D eigenvalue weighted by Crippen LogP contribution is -2.44. The Bertz CT molecular complexity index is 1870. The molecular formula is C59H101N3O14. The van der Waals surface area contributed by atoms with Gasteiger partial charge in [0, 0.05) is 84.1 Å². The number of esters is 4. The minimum absolute atomic E-state index is 0.129. The summed E-state index contributed by atoms with van der Waals surface area (Å²) in [5, 5.41) is 23.8. The number of carbonyl (C=O) groups excluding carboxylic acids is 5. The van der Waals surface area contributed by atoms with Crippen molar-refractivity contribution >= 4 is 30.3 Å². The predicted octanol–water partition coefficient (Wildman–Crippen LogP) is 7.74. The van der Waals surface area contributed by atoms with Crippen molar-refractivity contribution in [3.8, 4) is 0 Å². The molecular weight excluding hydrogens is 975 g/mol. The van der Waals surface area contributed by atoms with Gasteiger partial charge in [-0.25, -0.2) is 4.79 Å². The molecule has 0 saturated heterocycles. The number of ether oxygens (including phenoxy) is 7. The number of carbonyl (C=O) groups is 5. The molecule has 0 aromatic carbocycles. The van der Waals surface area contributed by atoms with E-state index in [2.05, 4.69) is 19.9 Å². The summed E-state index contributed by atoms with van der Waals surface area (Å²) in [7, 11) is 13.6. The number of allylic oxidation sites excluding steroid dienone is 3. The number of methoxy groups -OCH3 is 3. The van der Waals surface area contributed by atoms with Gasteiger partial charge >= 0.3 is 23.9 Å². The van der Waals surface area contributed by atoms with E-state index in [4.69, 9.17) is 33.2 Å². The summed E-state index contributed by atoms with van der Waals surface area (Å²) in [6.07, 6.45) is 15.5. The van der Waals surface area contributed by atoms with Crippen LogP contribution in [0.4, 0.5) is 0 Å². The number of aliphatic hydroxyl groups excluding tert-OH is 2. The number of likely N-dealkylation sites (N-methyl/N-ethyl adjacent to an activating group) is 2. The third-order valence-corrected chi connectivity index (χ3v) is 15.2. The Morgan fingerprint density at radius 2 is 1.54 bits per heavy atom. The lowest BCUT2D eigenvalue weighted by atomic mass is 9.82. The topological polar surface area (TPSA) is 200 Å². The number of nitrogens with zero attached hydrogens (tertiary/aromatic N) is 3. The van der Waals surface area contributed by atoms with Gasteiger partial charge in [0.2, 0.25) is 6.41 Å². The minimum Gasteiger partial charge on any atom is -0.462 e. The van der Waals surface area contributed by atoms with Crippen molar-refractivity contribution in [1.82, 2.24) is 14.7 Å². The SMILES string of the molecule is COC[C@@H](C(=O)O[C@@H]1C/C=C\C=C/C(=O)O[C@H]([C@@H](C)[C@@H](O)[C@@H](C)CC[C@@H](OC(=O)[C@H](C)N(C)C)[C@H](C)[C@H](OC(C)=O)[C@H](C)/C=C/N(C)C=O)C/C=C\[C@H](OC)C[C@H](C)C/C=C(/C)[C@@H](OC)CC[C@@H](C)[C@@H](O)[C@@H]1C)N(C)C. The third-order valence-electron chi connectivity index (χ3n) is 15.2. The molecule has 17 heteroatoms. The van der Waals surface area contributed by atoms with Crippen LogP contribution in [0, 0.1) is 41.4 Å². The van der Waals surface area contributed by atoms with Gasteiger partial charge in [0.15, 0.2) is 0 Å². The van der Waals surface area contributed by atoms with E-state index in [1.54, 1.807) is 96.7 Å². The standard InChI is InChI=1S/C59H101N3O14/c1-38-27-28-39(2)50(72-18)31-29-40(3)56(67)44(7)52(76-59(69)49(36-70-16)61(13)14)24-20-19-21-26-54(65)74-51(25-22-23-48(35-38)71-17)43(6)55(66)41(4)30-32-53(75-58(68)46(9)60(11)12)45(8)57(73-47(10)64)42(5)33-34-62(15)37-63/h19-23,26,28,33-34,37-38,40-46,48-53,55-57,66-67H,24-25,27,29-32,35-36H2,1-18H3/b20-19-,23-22-,26-21-,34-33+,39-28-/t38-,40-,41+,42-,43-,44-,45+,46+,48+,49+,50+,51+,52-,53-,55+,56-,57-/m1/s1. The second kappa shape index (κ2) is 36.8. The van der Waals surface area contributed by atoms with E-state index in [9.17, 15) is 34.2 Å². The molecule has 0 unspecified atom stereocenters. The Labute approximate surface area is 457 Å². The zero-order valence-electron chi connectivity index (χ0n) is 49.6. The van der Waals surface area contributed by atoms with Crippen LogP contribution in [0.15, 0.2) is 60.4 Å². The summed E-state index contributed by atoms with van der Waals surface area (Å²) in [6, 6.07) is -1.23. The molecule has 17 atom stereocenters. The fourth-order valence-corrected chi connectivity index (χ4v) is 9.39. The maximum Gasteiger partial charge on any atom is 0.331 e. The molecule has 0 spiro atoms. The average Bonchev–Trinajstić information content (AvgIpc) is 3.38. The van der Waals surface area contributed by atoms with E-state index in [1.807, 2.05) is 53.7 Å². The first-order valence-electron chi connectivity index (χ1n) is 27.3. The van der Waals surface area contributed by atoms with Crippen LogP contribution in [0.3, 0.4) is 0 Å². The van der Waals surface area contributed by atoms with Crippen LogP contribution in [0.1, 0.15) is 121 Å². The zero-order chi connectivity index (χ0) is 57.8. The van der Waals surface area contributed by atoms with Crippen molar-refractivity contribution in [3.05, 3.63) is 60.4 Å². The van der Waals surface area contributed by atoms with Crippen LogP contribution in [0.5, 0.6) is 0 Å². The Balaban J connectivity index is 3.70. The Kier molecular flexibility index (Phi) is 33.8. The predicted molar refractivity (Wildman–Crippen MR) is 297 cm³/mol. The molecule has 0 aromatic heterocycles. The smallest absolute Gasteiger partial charge is 0.331 e. The maximum atomic E-state index is 13.6. The average molecular weight is 1080 g/mol. The molecule has 1 amide bonds. The van der Waals surface area contributed by atoms with Gasteiger partial charge in [0.05, 0.1) is 31.0 Å². The van der Waals surface area contributed by atoms with Gasteiger partial charge in [-0.3, -0.25) is 29.0 Å². The third kappa shape index (κ3) is 25.1. The fourth-order valence-electron chi connectivity index (χ4n) is 9.39. The molecule has 0 bridgehead atoms. The van der Waals surface area contributed by atoms with Gasteiger partial charge in [0.25, 0.3) is 0 Å². The van der Waals surface area contributed by atoms with Crippen LogP contribution in [-0.2, 0) is 57.1 Å². The molecule has 0 aliphatic carbocycles. The van der Waals surface area contributed by atoms with Crippen LogP contribution >= 0.6 is 0 Å². The van der Waals surface area contributed by atoms with Crippen molar-refractivity contribution in [1.29, 1.82) is 0 Å². The number of aliphatic hydroxyl groups is 2. The number of rotatable bonds is 23. The van der Waals surface area contributed by atoms with Gasteiger partial charge in [0.1, 0.15) is 36.5 Å². The van der Waals surface area contributed by atoms with E-state index in [1.165, 1.54) is 25.0 Å². The molecule has 2 N–H and O–H groups in total. The quantitative estimate of drug-likeness (QED) is 0.0435. The molecule has 76 heavy (non-hydrogen) atoms. The summed E-state index contributed by atoms with van der Waals surface area (Å²) in [5.74, 6) is -4.21. The first-order chi connectivity index (χ1) is 35.7. The highest BCUT2D eigenvalue weighted by atomic mass is 16.6. The van der Waals surface area contributed by atoms with Crippen LogP contribution in [0.25, 0.3) is 0 Å². The minimum atomic E-state index is -0.973. The van der Waals surface area contributed by atoms with Crippen molar-refractivity contribution < 1.29 is 67.3 Å². The molecule has 1 aliphatic heterocycles. The highest BCUT2D eigenvalue weighted by molar-refractivity contribution is 5.82. The molecule has 1 aliphatic rings. The van der Waals surface area contributed by atoms with E-state index in [0.29, 0.717) is 32.1 Å². The van der Waals surface area contributed by atoms with Crippen LogP contribution < -0.4 is 0 Å². The normalized spacial score (nSPS) is 28.6. The number of cyclic esters (lactones) is 1. The van der Waals surface area contributed by atoms with Gasteiger partial charge < -0.3 is 48.3 Å². The van der Waals surface area contributed by atoms with Gasteiger partial charge in [-0.15, -0.1) is 0 Å². The monoisotopic (exact) mass is 1080 g/mol. The highest BCUT2D eigenvalue weighted by Gasteiger charge is 2.38. The van der Waals surface area contributed by atoms with Crippen molar-refractivity contribution in [3.63, 3.8) is 0 Å². The van der Waals surface area contributed by atoms with Crippen molar-refractivity contribution in [2.45, 2.75) is 182 Å². The summed E-state index contributed by atoms with van der Waals surface area (Å²) in [5.41, 5.74) is 1.10. The second-order valence-electron chi connectivity index (χ2n) is 21.9. The van der Waals surface area contributed by atoms with Crippen LogP contribution in [-0.4, -0.2) is 179 Å². The van der Waals surface area contributed by atoms with E-state index >= 15 is 0 Å². The van der Waals surface area contributed by atoms with Gasteiger partial charge in [-0.1, -0.05) is 91.0 Å². The molecule has 1 rings (SSSR count). The Hall–Kier alpha value is -4.23. The largest absolute Gasteiger partial charge is 0.462 e. The fraction of sp³-hybridized carbons (Fsp3) is 0.746. The first kappa shape index (κ1) is 69.8. The number of amides is 1. The number of hydrogen-bond donors (Lipinski definition) is 2. The Morgan fingerprint density at radius 3 is 2.12 bits per heavy atom. The van der Waals surface area contributed by atoms with Gasteiger partial charge in [-0.05, 0) is 104 Å². The summed E-state index contributed by atoms with van der Waals surface area (Å²) < 4.78 is 41.5.